The maximum atomic E-state index is 12.7. The summed E-state index contributed by atoms with van der Waals surface area (Å²) in [6.45, 7) is 1.71. The number of carbonyl (C=O) groups is 1. The molecule has 1 N–H and O–H groups in total. The molecular weight excluding hydrogens is 302 g/mol. The SMILES string of the molecule is COc1ccccc1N1CCC[C@H](NC(=O)C2(C#N)CCCC2)C1. The van der Waals surface area contributed by atoms with Crippen LogP contribution in [0.25, 0.3) is 0 Å². The molecule has 5 heteroatoms. The molecule has 1 amide bonds. The van der Waals surface area contributed by atoms with E-state index in [0.717, 1.165) is 50.2 Å². The van der Waals surface area contributed by atoms with E-state index in [9.17, 15) is 10.1 Å². The van der Waals surface area contributed by atoms with Crippen LogP contribution >= 0.6 is 0 Å². The lowest BCUT2D eigenvalue weighted by molar-refractivity contribution is -0.128. The number of nitriles is 1. The lowest BCUT2D eigenvalue weighted by atomic mass is 9.86. The highest BCUT2D eigenvalue weighted by molar-refractivity contribution is 5.86. The Morgan fingerprint density at radius 3 is 2.79 bits per heavy atom. The first-order chi connectivity index (χ1) is 11.7. The van der Waals surface area contributed by atoms with Crippen molar-refractivity contribution < 1.29 is 9.53 Å². The lowest BCUT2D eigenvalue weighted by Gasteiger charge is -2.36. The molecule has 1 aliphatic carbocycles. The van der Waals surface area contributed by atoms with Gasteiger partial charge in [0.05, 0.1) is 18.9 Å². The van der Waals surface area contributed by atoms with Gasteiger partial charge >= 0.3 is 0 Å². The van der Waals surface area contributed by atoms with Crippen molar-refractivity contribution in [2.75, 3.05) is 25.1 Å². The highest BCUT2D eigenvalue weighted by Crippen LogP contribution is 2.38. The monoisotopic (exact) mass is 327 g/mol. The summed E-state index contributed by atoms with van der Waals surface area (Å²) in [6.07, 6.45) is 5.30. The average molecular weight is 327 g/mol. The number of rotatable bonds is 4. The van der Waals surface area contributed by atoms with Crippen molar-refractivity contribution in [3.63, 3.8) is 0 Å². The number of piperidine rings is 1. The molecule has 1 atom stereocenters. The number of hydrogen-bond donors (Lipinski definition) is 1. The highest BCUT2D eigenvalue weighted by atomic mass is 16.5. The molecule has 0 spiro atoms. The molecule has 0 radical (unpaired) electrons. The molecule has 0 unspecified atom stereocenters. The Bertz CT molecular complexity index is 632. The van der Waals surface area contributed by atoms with Crippen LogP contribution in [0.5, 0.6) is 5.75 Å². The molecule has 5 nitrogen and oxygen atoms in total. The third-order valence-corrected chi connectivity index (χ3v) is 5.29. The highest BCUT2D eigenvalue weighted by Gasteiger charge is 2.42. The summed E-state index contributed by atoms with van der Waals surface area (Å²) in [5.41, 5.74) is 0.266. The zero-order valence-electron chi connectivity index (χ0n) is 14.3. The van der Waals surface area contributed by atoms with Crippen molar-refractivity contribution in [2.24, 2.45) is 5.41 Å². The Labute approximate surface area is 143 Å². The Hall–Kier alpha value is -2.22. The number of hydrogen-bond acceptors (Lipinski definition) is 4. The van der Waals surface area contributed by atoms with Crippen LogP contribution in [-0.4, -0.2) is 32.1 Å². The smallest absolute Gasteiger partial charge is 0.240 e. The molecule has 3 rings (SSSR count). The second-order valence-electron chi connectivity index (χ2n) is 6.83. The molecule has 0 aromatic heterocycles. The van der Waals surface area contributed by atoms with E-state index in [4.69, 9.17) is 4.74 Å². The van der Waals surface area contributed by atoms with Crippen molar-refractivity contribution in [3.05, 3.63) is 24.3 Å². The number of methoxy groups -OCH3 is 1. The number of amides is 1. The van der Waals surface area contributed by atoms with E-state index in [2.05, 4.69) is 22.4 Å². The second kappa shape index (κ2) is 7.12. The minimum absolute atomic E-state index is 0.0747. The molecule has 1 aliphatic heterocycles. The van der Waals surface area contributed by atoms with Crippen LogP contribution in [0.1, 0.15) is 38.5 Å². The standard InChI is InChI=1S/C19H25N3O2/c1-24-17-9-3-2-8-16(17)22-12-6-7-15(13-22)21-18(23)19(14-20)10-4-5-11-19/h2-3,8-9,15H,4-7,10-13H2,1H3,(H,21,23)/t15-/m0/s1. The van der Waals surface area contributed by atoms with Gasteiger partial charge in [-0.25, -0.2) is 0 Å². The molecule has 1 saturated carbocycles. The Kier molecular flexibility index (Phi) is 4.94. The van der Waals surface area contributed by atoms with Gasteiger partial charge in [0.15, 0.2) is 0 Å². The summed E-state index contributed by atoms with van der Waals surface area (Å²) in [6, 6.07) is 10.3. The van der Waals surface area contributed by atoms with E-state index >= 15 is 0 Å². The molecule has 1 heterocycles. The van der Waals surface area contributed by atoms with Crippen molar-refractivity contribution in [1.29, 1.82) is 5.26 Å². The minimum Gasteiger partial charge on any atom is -0.495 e. The summed E-state index contributed by atoms with van der Waals surface area (Å²) < 4.78 is 5.46. The number of carbonyl (C=O) groups excluding carboxylic acids is 1. The van der Waals surface area contributed by atoms with Crippen molar-refractivity contribution in [3.8, 4) is 11.8 Å². The molecular formula is C19H25N3O2. The van der Waals surface area contributed by atoms with Gasteiger partial charge < -0.3 is 15.0 Å². The third kappa shape index (κ3) is 3.19. The fourth-order valence-corrected chi connectivity index (χ4v) is 3.90. The maximum Gasteiger partial charge on any atom is 0.240 e. The topological polar surface area (TPSA) is 65.4 Å². The van der Waals surface area contributed by atoms with Crippen LogP contribution in [0.4, 0.5) is 5.69 Å². The van der Waals surface area contributed by atoms with Crippen molar-refractivity contribution in [2.45, 2.75) is 44.6 Å². The fourth-order valence-electron chi connectivity index (χ4n) is 3.90. The van der Waals surface area contributed by atoms with E-state index in [1.165, 1.54) is 0 Å². The number of nitrogens with one attached hydrogen (secondary N) is 1. The van der Waals surface area contributed by atoms with Crippen LogP contribution in [0.2, 0.25) is 0 Å². The zero-order chi connectivity index (χ0) is 17.0. The Morgan fingerprint density at radius 2 is 2.08 bits per heavy atom. The molecule has 24 heavy (non-hydrogen) atoms. The van der Waals surface area contributed by atoms with Crippen molar-refractivity contribution >= 4 is 11.6 Å². The first kappa shape index (κ1) is 16.6. The summed E-state index contributed by atoms with van der Waals surface area (Å²) in [5, 5.41) is 12.6. The molecule has 1 saturated heterocycles. The molecule has 2 aliphatic rings. The molecule has 2 fully saturated rings. The number of nitrogens with zero attached hydrogens (tertiary/aromatic N) is 2. The first-order valence-corrected chi connectivity index (χ1v) is 8.79. The lowest BCUT2D eigenvalue weighted by Crippen LogP contribution is -2.51. The van der Waals surface area contributed by atoms with Crippen LogP contribution in [0.3, 0.4) is 0 Å². The van der Waals surface area contributed by atoms with E-state index < -0.39 is 5.41 Å². The molecule has 1 aromatic carbocycles. The van der Waals surface area contributed by atoms with Gasteiger partial charge in [-0.3, -0.25) is 4.79 Å². The minimum atomic E-state index is -0.799. The number of anilines is 1. The zero-order valence-corrected chi connectivity index (χ0v) is 14.3. The predicted molar refractivity (Wildman–Crippen MR) is 92.9 cm³/mol. The van der Waals surface area contributed by atoms with Crippen LogP contribution in [0.15, 0.2) is 24.3 Å². The summed E-state index contributed by atoms with van der Waals surface area (Å²) in [4.78, 5) is 14.9. The first-order valence-electron chi connectivity index (χ1n) is 8.79. The Balaban J connectivity index is 1.68. The maximum absolute atomic E-state index is 12.7. The van der Waals surface area contributed by atoms with Crippen LogP contribution in [-0.2, 0) is 4.79 Å². The molecule has 0 bridgehead atoms. The summed E-state index contributed by atoms with van der Waals surface area (Å²) >= 11 is 0. The second-order valence-corrected chi connectivity index (χ2v) is 6.83. The fraction of sp³-hybridized carbons (Fsp3) is 0.579. The van der Waals surface area contributed by atoms with Gasteiger partial charge in [-0.15, -0.1) is 0 Å². The van der Waals surface area contributed by atoms with Gasteiger partial charge in [0.1, 0.15) is 11.2 Å². The van der Waals surface area contributed by atoms with E-state index in [-0.39, 0.29) is 11.9 Å². The number of para-hydroxylation sites is 2. The van der Waals surface area contributed by atoms with Gasteiger partial charge in [0.25, 0.3) is 0 Å². The summed E-state index contributed by atoms with van der Waals surface area (Å²) in [5.74, 6) is 0.781. The van der Waals surface area contributed by atoms with Crippen LogP contribution < -0.4 is 15.0 Å². The van der Waals surface area contributed by atoms with Gasteiger partial charge in [-0.05, 0) is 37.8 Å². The van der Waals surface area contributed by atoms with Gasteiger partial charge in [-0.2, -0.15) is 5.26 Å². The third-order valence-electron chi connectivity index (χ3n) is 5.29. The van der Waals surface area contributed by atoms with Gasteiger partial charge in [0, 0.05) is 19.1 Å². The number of benzene rings is 1. The molecule has 1 aromatic rings. The van der Waals surface area contributed by atoms with Gasteiger partial charge in [-0.1, -0.05) is 25.0 Å². The quantitative estimate of drug-likeness (QED) is 0.923. The van der Waals surface area contributed by atoms with Crippen LogP contribution in [0, 0.1) is 16.7 Å². The van der Waals surface area contributed by atoms with E-state index in [1.807, 2.05) is 18.2 Å². The van der Waals surface area contributed by atoms with Gasteiger partial charge in [0.2, 0.25) is 5.91 Å². The molecule has 128 valence electrons. The van der Waals surface area contributed by atoms with E-state index in [1.54, 1.807) is 7.11 Å². The summed E-state index contributed by atoms with van der Waals surface area (Å²) in [7, 11) is 1.68. The average Bonchev–Trinajstić information content (AvgIpc) is 3.12. The predicted octanol–water partition coefficient (Wildman–Crippen LogP) is 2.86. The van der Waals surface area contributed by atoms with E-state index in [0.29, 0.717) is 12.8 Å². The van der Waals surface area contributed by atoms with Crippen molar-refractivity contribution in [1.82, 2.24) is 5.32 Å². The Morgan fingerprint density at radius 1 is 1.33 bits per heavy atom. The number of ether oxygens (including phenoxy) is 1. The normalized spacial score (nSPS) is 22.7. The largest absolute Gasteiger partial charge is 0.495 e.